The Labute approximate surface area is 219 Å². The smallest absolute Gasteiger partial charge is 0.199 e. The zero-order chi connectivity index (χ0) is 25.9. The second-order valence-electron chi connectivity index (χ2n) is 10.2. The van der Waals surface area contributed by atoms with Crippen LogP contribution in [0.4, 0.5) is 0 Å². The van der Waals surface area contributed by atoms with Gasteiger partial charge in [-0.2, -0.15) is 0 Å². The van der Waals surface area contributed by atoms with E-state index in [-0.39, 0.29) is 0 Å². The van der Waals surface area contributed by atoms with Crippen LogP contribution in [0.15, 0.2) is 70.9 Å². The van der Waals surface area contributed by atoms with Gasteiger partial charge in [0.15, 0.2) is 11.4 Å². The summed E-state index contributed by atoms with van der Waals surface area (Å²) >= 11 is 0. The molecule has 0 radical (unpaired) electrons. The van der Waals surface area contributed by atoms with Gasteiger partial charge in [0, 0.05) is 50.0 Å². The first kappa shape index (κ1) is 28.3. The third-order valence-electron chi connectivity index (χ3n) is 7.39. The van der Waals surface area contributed by atoms with Crippen molar-refractivity contribution in [3.8, 4) is 0 Å². The maximum atomic E-state index is 13.2. The third kappa shape index (κ3) is 6.92. The van der Waals surface area contributed by atoms with Gasteiger partial charge in [0.1, 0.15) is 26.2 Å². The Kier molecular flexibility index (Phi) is 11.3. The summed E-state index contributed by atoms with van der Waals surface area (Å²) in [7, 11) is 0. The number of unbranched alkanes of at least 4 members (excludes halogenated alkanes) is 4. The molecule has 3 aliphatic carbocycles. The molecule has 0 aromatic carbocycles. The first-order valence-electron chi connectivity index (χ1n) is 14.3. The predicted octanol–water partition coefficient (Wildman–Crippen LogP) is 4.41. The second kappa shape index (κ2) is 14.4. The van der Waals surface area contributed by atoms with E-state index in [2.05, 4.69) is 61.2 Å². The van der Waals surface area contributed by atoms with E-state index in [1.165, 1.54) is 62.8 Å². The summed E-state index contributed by atoms with van der Waals surface area (Å²) in [4.78, 5) is 0. The molecule has 0 aliphatic heterocycles. The Balaban J connectivity index is 1.78. The topological polar surface area (TPSA) is 52.1 Å². The van der Waals surface area contributed by atoms with Crippen LogP contribution in [0.25, 0.3) is 0 Å². The van der Waals surface area contributed by atoms with Gasteiger partial charge in [0.25, 0.3) is 0 Å². The van der Waals surface area contributed by atoms with Crippen molar-refractivity contribution in [1.82, 2.24) is 0 Å². The third-order valence-corrected chi connectivity index (χ3v) is 7.39. The molecule has 0 heterocycles. The molecule has 3 aliphatic rings. The van der Waals surface area contributed by atoms with Crippen LogP contribution in [0.2, 0.25) is 0 Å². The van der Waals surface area contributed by atoms with Crippen molar-refractivity contribution in [2.24, 2.45) is 0 Å². The monoisotopic (exact) mass is 490 g/mol. The van der Waals surface area contributed by atoms with Crippen LogP contribution in [0.5, 0.6) is 0 Å². The molecule has 0 amide bonds. The minimum atomic E-state index is -1.04. The molecule has 0 aromatic rings. The van der Waals surface area contributed by atoms with Crippen molar-refractivity contribution in [2.75, 3.05) is 26.2 Å². The molecule has 1 fully saturated rings. The Morgan fingerprint density at radius 2 is 0.778 bits per heavy atom. The molecular weight excluding hydrogens is 444 g/mol. The molecule has 0 N–H and O–H groups in total. The van der Waals surface area contributed by atoms with Crippen LogP contribution in [0.3, 0.4) is 0 Å². The van der Waals surface area contributed by atoms with Gasteiger partial charge < -0.3 is 10.2 Å². The van der Waals surface area contributed by atoms with E-state index in [9.17, 15) is 10.2 Å². The molecular formula is C32H46N2O2. The molecule has 0 atom stereocenters. The van der Waals surface area contributed by atoms with Gasteiger partial charge in [-0.1, -0.05) is 76.7 Å². The van der Waals surface area contributed by atoms with Crippen molar-refractivity contribution >= 4 is 11.4 Å². The van der Waals surface area contributed by atoms with E-state index in [1.54, 1.807) is 0 Å². The lowest BCUT2D eigenvalue weighted by atomic mass is 9.73. The fraction of sp³-hybridized carbons (Fsp3) is 0.562. The minimum absolute atomic E-state index is 0.488. The van der Waals surface area contributed by atoms with Crippen molar-refractivity contribution in [3.63, 3.8) is 0 Å². The van der Waals surface area contributed by atoms with E-state index < -0.39 is 12.2 Å². The Bertz CT molecular complexity index is 867. The molecule has 0 bridgehead atoms. The zero-order valence-corrected chi connectivity index (χ0v) is 23.0. The Morgan fingerprint density at radius 1 is 0.500 bits per heavy atom. The quantitative estimate of drug-likeness (QED) is 0.381. The predicted molar refractivity (Wildman–Crippen MR) is 148 cm³/mol. The molecule has 0 unspecified atom stereocenters. The second-order valence-corrected chi connectivity index (χ2v) is 10.2. The van der Waals surface area contributed by atoms with Gasteiger partial charge in [-0.3, -0.25) is 0 Å². The molecule has 196 valence electrons. The van der Waals surface area contributed by atoms with E-state index in [0.717, 1.165) is 37.3 Å². The summed E-state index contributed by atoms with van der Waals surface area (Å²) in [6.07, 6.45) is 23.5. The summed E-state index contributed by atoms with van der Waals surface area (Å²) in [6.45, 7) is 13.0. The van der Waals surface area contributed by atoms with Crippen LogP contribution in [0.1, 0.15) is 79.1 Å². The summed E-state index contributed by atoms with van der Waals surface area (Å²) in [5.41, 5.74) is 4.94. The standard InChI is InChI=1S/C32H46N2O2/c1-5-9-21-33(22-10-6-2)27-17-13-25(14-18-27)29-31(35)30(32(29)36)26-15-19-28(20-16-26)34(23-11-7-3)24-12-8-4/h13-20,31-32H,5-12,21-24H2,1-4H3. The SMILES string of the molecule is CCCC[N+](CCCC)=C1C=CC(=C2C([O-])C(=C3C=CC(=[N+](CCCC)CCCC)C=C3)C2[O-])C=C1. The molecule has 4 nitrogen and oxygen atoms in total. The largest absolute Gasteiger partial charge is 0.846 e. The summed E-state index contributed by atoms with van der Waals surface area (Å²) in [5.74, 6) is 0. The maximum Gasteiger partial charge on any atom is 0.199 e. The minimum Gasteiger partial charge on any atom is -0.846 e. The number of allylic oxidation sites excluding steroid dienone is 10. The Morgan fingerprint density at radius 3 is 1.03 bits per heavy atom. The van der Waals surface area contributed by atoms with Crippen molar-refractivity contribution in [1.29, 1.82) is 0 Å². The van der Waals surface area contributed by atoms with Crippen molar-refractivity contribution in [3.05, 3.63) is 70.9 Å². The lowest BCUT2D eigenvalue weighted by Gasteiger charge is -2.54. The number of rotatable bonds is 12. The highest BCUT2D eigenvalue weighted by atomic mass is 16.3. The van der Waals surface area contributed by atoms with Crippen LogP contribution >= 0.6 is 0 Å². The molecule has 0 spiro atoms. The van der Waals surface area contributed by atoms with E-state index in [0.29, 0.717) is 11.1 Å². The lowest BCUT2D eigenvalue weighted by Crippen LogP contribution is -2.56. The van der Waals surface area contributed by atoms with E-state index in [4.69, 9.17) is 0 Å². The van der Waals surface area contributed by atoms with Gasteiger partial charge in [0.05, 0.1) is 0 Å². The lowest BCUT2D eigenvalue weighted by molar-refractivity contribution is -0.527. The molecule has 1 saturated carbocycles. The number of hydrogen-bond donors (Lipinski definition) is 0. The average molecular weight is 491 g/mol. The van der Waals surface area contributed by atoms with Crippen LogP contribution in [0, 0.1) is 0 Å². The van der Waals surface area contributed by atoms with E-state index >= 15 is 0 Å². The van der Waals surface area contributed by atoms with Gasteiger partial charge >= 0.3 is 0 Å². The molecule has 0 aromatic heterocycles. The highest BCUT2D eigenvalue weighted by Crippen LogP contribution is 2.37. The molecule has 0 saturated heterocycles. The van der Waals surface area contributed by atoms with Crippen molar-refractivity contribution in [2.45, 2.75) is 91.3 Å². The fourth-order valence-electron chi connectivity index (χ4n) is 4.98. The first-order chi connectivity index (χ1) is 17.5. The fourth-order valence-corrected chi connectivity index (χ4v) is 4.98. The van der Waals surface area contributed by atoms with Gasteiger partial charge in [-0.05, 0) is 35.5 Å². The van der Waals surface area contributed by atoms with Crippen LogP contribution < -0.4 is 10.2 Å². The highest BCUT2D eigenvalue weighted by molar-refractivity contribution is 6.03. The summed E-state index contributed by atoms with van der Waals surface area (Å²) in [6, 6.07) is 0. The zero-order valence-electron chi connectivity index (χ0n) is 23.0. The van der Waals surface area contributed by atoms with Gasteiger partial charge in [0.2, 0.25) is 0 Å². The molecule has 4 heteroatoms. The molecule has 36 heavy (non-hydrogen) atoms. The average Bonchev–Trinajstić information content (AvgIpc) is 2.90. The number of nitrogens with zero attached hydrogens (tertiary/aromatic N) is 2. The van der Waals surface area contributed by atoms with Crippen LogP contribution in [-0.2, 0) is 0 Å². The summed E-state index contributed by atoms with van der Waals surface area (Å²) < 4.78 is 4.85. The Hall–Kier alpha value is -2.30. The van der Waals surface area contributed by atoms with Gasteiger partial charge in [-0.25, -0.2) is 9.15 Å². The maximum absolute atomic E-state index is 13.2. The van der Waals surface area contributed by atoms with Crippen molar-refractivity contribution < 1.29 is 19.4 Å². The summed E-state index contributed by atoms with van der Waals surface area (Å²) in [5, 5.41) is 26.3. The normalized spacial score (nSPS) is 21.1. The number of hydrogen-bond acceptors (Lipinski definition) is 2. The van der Waals surface area contributed by atoms with Crippen LogP contribution in [-0.4, -0.2) is 59.0 Å². The first-order valence-corrected chi connectivity index (χ1v) is 14.3. The molecule has 3 rings (SSSR count). The van der Waals surface area contributed by atoms with Gasteiger partial charge in [-0.15, -0.1) is 0 Å². The highest BCUT2D eigenvalue weighted by Gasteiger charge is 2.29. The van der Waals surface area contributed by atoms with E-state index in [1.807, 2.05) is 24.3 Å².